The molecule has 0 aromatic heterocycles. The molecule has 3 aromatic carbocycles. The standard InChI is InChI=1S/C24H24N2O3/c1-2-29-23(27)20-14-9-15-21(16-20)26-24(28)25-17-22(18-10-5-3-6-11-18)19-12-7-4-8-13-19/h3-16,22H,2,17H2,1H3,(H2,25,26,28). The van der Waals surface area contributed by atoms with E-state index in [2.05, 4.69) is 34.9 Å². The molecule has 0 spiro atoms. The van der Waals surface area contributed by atoms with Crippen molar-refractivity contribution < 1.29 is 14.3 Å². The molecule has 2 N–H and O–H groups in total. The Kier molecular flexibility index (Phi) is 7.00. The van der Waals surface area contributed by atoms with E-state index >= 15 is 0 Å². The number of esters is 1. The fourth-order valence-corrected chi connectivity index (χ4v) is 3.11. The Morgan fingerprint density at radius 1 is 0.862 bits per heavy atom. The summed E-state index contributed by atoms with van der Waals surface area (Å²) in [6.45, 7) is 2.50. The lowest BCUT2D eigenvalue weighted by Gasteiger charge is -2.19. The van der Waals surface area contributed by atoms with Gasteiger partial charge in [-0.15, -0.1) is 0 Å². The number of amides is 2. The summed E-state index contributed by atoms with van der Waals surface area (Å²) in [5.41, 5.74) is 3.19. The van der Waals surface area contributed by atoms with Crippen LogP contribution in [0.2, 0.25) is 0 Å². The molecule has 0 saturated heterocycles. The highest BCUT2D eigenvalue weighted by Crippen LogP contribution is 2.23. The summed E-state index contributed by atoms with van der Waals surface area (Å²) in [4.78, 5) is 24.3. The van der Waals surface area contributed by atoms with Crippen molar-refractivity contribution in [2.24, 2.45) is 0 Å². The number of hydrogen-bond acceptors (Lipinski definition) is 3. The van der Waals surface area contributed by atoms with Crippen LogP contribution in [0.15, 0.2) is 84.9 Å². The summed E-state index contributed by atoms with van der Waals surface area (Å²) in [5, 5.41) is 5.72. The molecule has 0 saturated carbocycles. The summed E-state index contributed by atoms with van der Waals surface area (Å²) in [7, 11) is 0. The monoisotopic (exact) mass is 388 g/mol. The van der Waals surface area contributed by atoms with Crippen molar-refractivity contribution in [1.82, 2.24) is 5.32 Å². The van der Waals surface area contributed by atoms with Gasteiger partial charge in [0.2, 0.25) is 0 Å². The Bertz CT molecular complexity index is 903. The summed E-state index contributed by atoms with van der Waals surface area (Å²) in [6, 6.07) is 26.5. The van der Waals surface area contributed by atoms with Crippen LogP contribution in [0.1, 0.15) is 34.3 Å². The smallest absolute Gasteiger partial charge is 0.338 e. The zero-order valence-corrected chi connectivity index (χ0v) is 16.3. The van der Waals surface area contributed by atoms with Crippen LogP contribution in [-0.2, 0) is 4.74 Å². The molecule has 2 amide bonds. The van der Waals surface area contributed by atoms with Gasteiger partial charge in [-0.05, 0) is 36.2 Å². The first-order valence-electron chi connectivity index (χ1n) is 9.59. The predicted molar refractivity (Wildman–Crippen MR) is 114 cm³/mol. The number of benzene rings is 3. The quantitative estimate of drug-likeness (QED) is 0.571. The zero-order valence-electron chi connectivity index (χ0n) is 16.3. The molecule has 3 rings (SSSR count). The second-order valence-corrected chi connectivity index (χ2v) is 6.51. The maximum atomic E-state index is 12.4. The number of carbonyl (C=O) groups excluding carboxylic acids is 2. The van der Waals surface area contributed by atoms with Crippen LogP contribution in [0.5, 0.6) is 0 Å². The van der Waals surface area contributed by atoms with Gasteiger partial charge in [0.05, 0.1) is 12.2 Å². The largest absolute Gasteiger partial charge is 0.462 e. The summed E-state index contributed by atoms with van der Waals surface area (Å²) < 4.78 is 5.00. The average molecular weight is 388 g/mol. The number of rotatable bonds is 7. The van der Waals surface area contributed by atoms with Gasteiger partial charge in [0.25, 0.3) is 0 Å². The predicted octanol–water partition coefficient (Wildman–Crippen LogP) is 4.82. The Labute approximate surface area is 170 Å². The molecular formula is C24H24N2O3. The second-order valence-electron chi connectivity index (χ2n) is 6.51. The lowest BCUT2D eigenvalue weighted by Crippen LogP contribution is -2.32. The van der Waals surface area contributed by atoms with E-state index in [1.165, 1.54) is 0 Å². The molecular weight excluding hydrogens is 364 g/mol. The molecule has 0 radical (unpaired) electrons. The Balaban J connectivity index is 1.67. The normalized spacial score (nSPS) is 10.4. The van der Waals surface area contributed by atoms with Crippen molar-refractivity contribution in [2.75, 3.05) is 18.5 Å². The molecule has 5 heteroatoms. The molecule has 0 aliphatic rings. The number of hydrogen-bond donors (Lipinski definition) is 2. The van der Waals surface area contributed by atoms with E-state index in [4.69, 9.17) is 4.74 Å². The third-order valence-corrected chi connectivity index (χ3v) is 4.50. The Morgan fingerprint density at radius 3 is 2.07 bits per heavy atom. The van der Waals surface area contributed by atoms with Crippen molar-refractivity contribution in [3.05, 3.63) is 102 Å². The summed E-state index contributed by atoms with van der Waals surface area (Å²) in [5.74, 6) is -0.376. The van der Waals surface area contributed by atoms with Crippen molar-refractivity contribution in [3.63, 3.8) is 0 Å². The highest BCUT2D eigenvalue weighted by Gasteiger charge is 2.15. The topological polar surface area (TPSA) is 67.4 Å². The molecule has 0 heterocycles. The van der Waals surface area contributed by atoms with Crippen LogP contribution in [0, 0.1) is 0 Å². The molecule has 0 aliphatic heterocycles. The van der Waals surface area contributed by atoms with Crippen molar-refractivity contribution in [1.29, 1.82) is 0 Å². The average Bonchev–Trinajstić information content (AvgIpc) is 2.76. The van der Waals surface area contributed by atoms with E-state index in [9.17, 15) is 9.59 Å². The van der Waals surface area contributed by atoms with Crippen LogP contribution in [0.4, 0.5) is 10.5 Å². The highest BCUT2D eigenvalue weighted by atomic mass is 16.5. The molecule has 148 valence electrons. The SMILES string of the molecule is CCOC(=O)c1cccc(NC(=O)NCC(c2ccccc2)c2ccccc2)c1. The van der Waals surface area contributed by atoms with E-state index < -0.39 is 5.97 Å². The lowest BCUT2D eigenvalue weighted by atomic mass is 9.91. The van der Waals surface area contributed by atoms with Gasteiger partial charge in [-0.1, -0.05) is 66.7 Å². The van der Waals surface area contributed by atoms with Crippen LogP contribution >= 0.6 is 0 Å². The fourth-order valence-electron chi connectivity index (χ4n) is 3.11. The summed E-state index contributed by atoms with van der Waals surface area (Å²) in [6.07, 6.45) is 0. The van der Waals surface area contributed by atoms with Crippen LogP contribution < -0.4 is 10.6 Å². The minimum atomic E-state index is -0.412. The van der Waals surface area contributed by atoms with Crippen LogP contribution in [0.3, 0.4) is 0 Å². The third kappa shape index (κ3) is 5.69. The van der Waals surface area contributed by atoms with E-state index in [0.717, 1.165) is 11.1 Å². The first kappa shape index (κ1) is 20.1. The minimum absolute atomic E-state index is 0.0361. The number of urea groups is 1. The highest BCUT2D eigenvalue weighted by molar-refractivity contribution is 5.93. The van der Waals surface area contributed by atoms with Gasteiger partial charge in [-0.25, -0.2) is 9.59 Å². The molecule has 0 aliphatic carbocycles. The summed E-state index contributed by atoms with van der Waals surface area (Å²) >= 11 is 0. The Morgan fingerprint density at radius 2 is 1.48 bits per heavy atom. The number of ether oxygens (including phenoxy) is 1. The molecule has 3 aromatic rings. The van der Waals surface area contributed by atoms with E-state index in [0.29, 0.717) is 24.4 Å². The van der Waals surface area contributed by atoms with Gasteiger partial charge in [0.15, 0.2) is 0 Å². The van der Waals surface area contributed by atoms with Crippen molar-refractivity contribution in [3.8, 4) is 0 Å². The zero-order chi connectivity index (χ0) is 20.5. The molecule has 0 atom stereocenters. The maximum Gasteiger partial charge on any atom is 0.338 e. The van der Waals surface area contributed by atoms with Crippen LogP contribution in [0.25, 0.3) is 0 Å². The number of carbonyl (C=O) groups is 2. The number of nitrogens with one attached hydrogen (secondary N) is 2. The van der Waals surface area contributed by atoms with Crippen molar-refractivity contribution >= 4 is 17.7 Å². The second kappa shape index (κ2) is 10.1. The Hall–Kier alpha value is -3.60. The van der Waals surface area contributed by atoms with Gasteiger partial charge in [-0.3, -0.25) is 0 Å². The van der Waals surface area contributed by atoms with Gasteiger partial charge in [-0.2, -0.15) is 0 Å². The first-order chi connectivity index (χ1) is 14.2. The molecule has 0 fully saturated rings. The van der Waals surface area contributed by atoms with E-state index in [-0.39, 0.29) is 11.9 Å². The third-order valence-electron chi connectivity index (χ3n) is 4.50. The van der Waals surface area contributed by atoms with Gasteiger partial charge in [0.1, 0.15) is 0 Å². The molecule has 5 nitrogen and oxygen atoms in total. The molecule has 0 unspecified atom stereocenters. The fraction of sp³-hybridized carbons (Fsp3) is 0.167. The van der Waals surface area contributed by atoms with Crippen molar-refractivity contribution in [2.45, 2.75) is 12.8 Å². The molecule has 0 bridgehead atoms. The van der Waals surface area contributed by atoms with E-state index in [1.807, 2.05) is 36.4 Å². The lowest BCUT2D eigenvalue weighted by molar-refractivity contribution is 0.0526. The van der Waals surface area contributed by atoms with Gasteiger partial charge in [0, 0.05) is 18.2 Å². The van der Waals surface area contributed by atoms with Gasteiger partial charge < -0.3 is 15.4 Å². The number of anilines is 1. The maximum absolute atomic E-state index is 12.4. The minimum Gasteiger partial charge on any atom is -0.462 e. The van der Waals surface area contributed by atoms with E-state index in [1.54, 1.807) is 31.2 Å². The van der Waals surface area contributed by atoms with Crippen LogP contribution in [-0.4, -0.2) is 25.2 Å². The molecule has 29 heavy (non-hydrogen) atoms. The van der Waals surface area contributed by atoms with Gasteiger partial charge >= 0.3 is 12.0 Å². The first-order valence-corrected chi connectivity index (χ1v) is 9.59.